The van der Waals surface area contributed by atoms with E-state index >= 15 is 0 Å². The van der Waals surface area contributed by atoms with E-state index in [1.165, 1.54) is 19.3 Å². The van der Waals surface area contributed by atoms with Crippen LogP contribution in [0.3, 0.4) is 0 Å². The van der Waals surface area contributed by atoms with Crippen LogP contribution >= 0.6 is 0 Å². The van der Waals surface area contributed by atoms with E-state index in [1.54, 1.807) is 38.1 Å². The van der Waals surface area contributed by atoms with Gasteiger partial charge in [-0.2, -0.15) is 0 Å². The number of amides is 2. The Morgan fingerprint density at radius 1 is 1.06 bits per heavy atom. The Bertz CT molecular complexity index is 1180. The van der Waals surface area contributed by atoms with Gasteiger partial charge < -0.3 is 10.6 Å². The summed E-state index contributed by atoms with van der Waals surface area (Å²) in [4.78, 5) is 26.2. The number of aryl methyl sites for hydroxylation is 3. The molecule has 7 nitrogen and oxygen atoms in total. The topological polar surface area (TPSA) is 95.6 Å². The number of fused-ring (bicyclic) bond motifs is 1. The lowest BCUT2D eigenvalue weighted by molar-refractivity contribution is -0.125. The second kappa shape index (κ2) is 9.78. The van der Waals surface area contributed by atoms with Gasteiger partial charge in [0.15, 0.2) is 0 Å². The summed E-state index contributed by atoms with van der Waals surface area (Å²) in [6.07, 6.45) is 5.51. The Kier molecular flexibility index (Phi) is 6.98. The maximum Gasteiger partial charge on any atom is 0.265 e. The van der Waals surface area contributed by atoms with Crippen molar-refractivity contribution in [3.63, 3.8) is 0 Å². The van der Waals surface area contributed by atoms with E-state index in [0.717, 1.165) is 22.7 Å². The summed E-state index contributed by atoms with van der Waals surface area (Å²) in [7, 11) is -4.12. The van der Waals surface area contributed by atoms with Crippen molar-refractivity contribution >= 4 is 33.2 Å². The van der Waals surface area contributed by atoms with Crippen LogP contribution in [0.25, 0.3) is 0 Å². The number of anilines is 2. The summed E-state index contributed by atoms with van der Waals surface area (Å²) < 4.78 is 29.3. The molecule has 2 aromatic carbocycles. The number of hydrogen-bond donors (Lipinski definition) is 2. The number of para-hydroxylation sites is 2. The molecule has 34 heavy (non-hydrogen) atoms. The van der Waals surface area contributed by atoms with Gasteiger partial charge in [0.25, 0.3) is 10.0 Å². The smallest absolute Gasteiger partial charge is 0.265 e. The van der Waals surface area contributed by atoms with Gasteiger partial charge in [0, 0.05) is 6.54 Å². The number of benzene rings is 2. The van der Waals surface area contributed by atoms with Gasteiger partial charge in [0.2, 0.25) is 11.8 Å². The summed E-state index contributed by atoms with van der Waals surface area (Å²) in [5.41, 5.74) is 2.97. The monoisotopic (exact) mass is 483 g/mol. The molecule has 1 saturated carbocycles. The molecule has 0 radical (unpaired) electrons. The van der Waals surface area contributed by atoms with Crippen molar-refractivity contribution < 1.29 is 18.0 Å². The van der Waals surface area contributed by atoms with Gasteiger partial charge in [-0.15, -0.1) is 0 Å². The molecule has 1 aliphatic heterocycles. The van der Waals surface area contributed by atoms with E-state index in [2.05, 4.69) is 10.6 Å². The van der Waals surface area contributed by atoms with Gasteiger partial charge in [0.1, 0.15) is 6.04 Å². The van der Waals surface area contributed by atoms with Gasteiger partial charge in [0.05, 0.1) is 22.7 Å². The molecule has 0 spiro atoms. The lowest BCUT2D eigenvalue weighted by Crippen LogP contribution is -2.53. The van der Waals surface area contributed by atoms with Crippen LogP contribution in [0.4, 0.5) is 11.4 Å². The molecule has 1 heterocycles. The molecule has 2 aliphatic rings. The molecular formula is C26H33N3O4S. The van der Waals surface area contributed by atoms with Gasteiger partial charge in [-0.05, 0) is 62.8 Å². The SMILES string of the molecule is Cc1cc(C)c(S(=O)(=O)N2c3ccccc3NC(=O)C2CC(=O)NCC2CCCCC2)c(C)c1. The van der Waals surface area contributed by atoms with Crippen molar-refractivity contribution in [2.24, 2.45) is 5.92 Å². The predicted octanol–water partition coefficient (Wildman–Crippen LogP) is 4.21. The predicted molar refractivity (Wildman–Crippen MR) is 133 cm³/mol. The third-order valence-corrected chi connectivity index (χ3v) is 8.93. The molecule has 0 aromatic heterocycles. The quantitative estimate of drug-likeness (QED) is 0.643. The second-order valence-corrected chi connectivity index (χ2v) is 11.3. The van der Waals surface area contributed by atoms with Gasteiger partial charge in [-0.3, -0.25) is 13.9 Å². The summed E-state index contributed by atoms with van der Waals surface area (Å²) in [6.45, 7) is 6.00. The maximum absolute atomic E-state index is 14.1. The second-order valence-electron chi connectivity index (χ2n) is 9.56. The molecule has 4 rings (SSSR count). The van der Waals surface area contributed by atoms with Gasteiger partial charge >= 0.3 is 0 Å². The van der Waals surface area contributed by atoms with Crippen molar-refractivity contribution in [3.05, 3.63) is 53.1 Å². The standard InChI is InChI=1S/C26H33N3O4S/c1-17-13-18(2)25(19(3)14-17)34(32,33)29-22-12-8-7-11-21(22)28-26(31)23(29)15-24(30)27-16-20-9-5-4-6-10-20/h7-8,11-14,20,23H,4-6,9-10,15-16H2,1-3H3,(H,27,30)(H,28,31). The molecule has 1 fully saturated rings. The molecule has 2 aromatic rings. The Morgan fingerprint density at radius 2 is 1.71 bits per heavy atom. The highest BCUT2D eigenvalue weighted by molar-refractivity contribution is 7.93. The molecular weight excluding hydrogens is 450 g/mol. The van der Waals surface area contributed by atoms with Crippen molar-refractivity contribution in [2.75, 3.05) is 16.2 Å². The summed E-state index contributed by atoms with van der Waals surface area (Å²) in [6, 6.07) is 9.27. The van der Waals surface area contributed by atoms with E-state index in [9.17, 15) is 18.0 Å². The number of hydrogen-bond acceptors (Lipinski definition) is 4. The zero-order valence-electron chi connectivity index (χ0n) is 20.1. The maximum atomic E-state index is 14.1. The fraction of sp³-hybridized carbons (Fsp3) is 0.462. The highest BCUT2D eigenvalue weighted by Crippen LogP contribution is 2.38. The minimum atomic E-state index is -4.12. The van der Waals surface area contributed by atoms with Gasteiger partial charge in [-0.1, -0.05) is 49.1 Å². The third kappa shape index (κ3) is 4.82. The van der Waals surface area contributed by atoms with Crippen molar-refractivity contribution in [2.45, 2.75) is 70.2 Å². The summed E-state index contributed by atoms with van der Waals surface area (Å²) in [5.74, 6) is -0.378. The Labute approximate surface area is 202 Å². The number of nitrogens with one attached hydrogen (secondary N) is 2. The molecule has 1 unspecified atom stereocenters. The fourth-order valence-electron chi connectivity index (χ4n) is 5.30. The Balaban J connectivity index is 1.68. The van der Waals surface area contributed by atoms with Crippen LogP contribution in [-0.4, -0.2) is 32.8 Å². The van der Waals surface area contributed by atoms with Crippen molar-refractivity contribution in [1.29, 1.82) is 0 Å². The van der Waals surface area contributed by atoms with Crippen LogP contribution in [0.5, 0.6) is 0 Å². The summed E-state index contributed by atoms with van der Waals surface area (Å²) >= 11 is 0. The fourth-order valence-corrected chi connectivity index (χ4v) is 7.36. The molecule has 2 N–H and O–H groups in total. The van der Waals surface area contributed by atoms with Crippen LogP contribution in [0.1, 0.15) is 55.2 Å². The molecule has 1 aliphatic carbocycles. The highest BCUT2D eigenvalue weighted by Gasteiger charge is 2.43. The first kappa shape index (κ1) is 24.3. The molecule has 182 valence electrons. The van der Waals surface area contributed by atoms with Gasteiger partial charge in [-0.25, -0.2) is 8.42 Å². The van der Waals surface area contributed by atoms with Crippen LogP contribution in [0, 0.1) is 26.7 Å². The van der Waals surface area contributed by atoms with Crippen molar-refractivity contribution in [3.8, 4) is 0 Å². The van der Waals surface area contributed by atoms with Crippen LogP contribution in [0.15, 0.2) is 41.3 Å². The largest absolute Gasteiger partial charge is 0.356 e. The highest BCUT2D eigenvalue weighted by atomic mass is 32.2. The summed E-state index contributed by atoms with van der Waals surface area (Å²) in [5, 5.41) is 5.73. The zero-order valence-corrected chi connectivity index (χ0v) is 20.9. The lowest BCUT2D eigenvalue weighted by atomic mass is 9.89. The zero-order chi connectivity index (χ0) is 24.5. The average molecular weight is 484 g/mol. The van der Waals surface area contributed by atoms with E-state index in [0.29, 0.717) is 35.0 Å². The first-order chi connectivity index (χ1) is 16.2. The average Bonchev–Trinajstić information content (AvgIpc) is 2.77. The first-order valence-electron chi connectivity index (χ1n) is 12.0. The third-order valence-electron chi connectivity index (χ3n) is 6.80. The number of nitrogens with zero attached hydrogens (tertiary/aromatic N) is 1. The van der Waals surface area contributed by atoms with E-state index in [1.807, 2.05) is 19.1 Å². The minimum absolute atomic E-state index is 0.176. The van der Waals surface area contributed by atoms with Crippen molar-refractivity contribution in [1.82, 2.24) is 5.32 Å². The van der Waals surface area contributed by atoms with E-state index in [-0.39, 0.29) is 17.2 Å². The molecule has 8 heteroatoms. The Morgan fingerprint density at radius 3 is 2.38 bits per heavy atom. The normalized spacial score (nSPS) is 18.9. The van der Waals surface area contributed by atoms with Crippen LogP contribution in [-0.2, 0) is 19.6 Å². The number of carbonyl (C=O) groups excluding carboxylic acids is 2. The number of rotatable bonds is 6. The molecule has 0 bridgehead atoms. The number of sulfonamides is 1. The van der Waals surface area contributed by atoms with E-state index in [4.69, 9.17) is 0 Å². The number of carbonyl (C=O) groups is 2. The van der Waals surface area contributed by atoms with Crippen LogP contribution < -0.4 is 14.9 Å². The molecule has 0 saturated heterocycles. The Hall–Kier alpha value is -2.87. The first-order valence-corrected chi connectivity index (χ1v) is 13.4. The van der Waals surface area contributed by atoms with Crippen LogP contribution in [0.2, 0.25) is 0 Å². The minimum Gasteiger partial charge on any atom is -0.356 e. The lowest BCUT2D eigenvalue weighted by Gasteiger charge is -2.37. The van der Waals surface area contributed by atoms with E-state index < -0.39 is 22.0 Å². The molecule has 2 amide bonds. The molecule has 1 atom stereocenters.